The van der Waals surface area contributed by atoms with Gasteiger partial charge in [0.05, 0.1) is 18.1 Å². The Hall–Kier alpha value is -0.350. The maximum Gasteiger partial charge on any atom is 0.191 e. The summed E-state index contributed by atoms with van der Waals surface area (Å²) in [5, 5.41) is 9.06. The molecule has 0 spiro atoms. The Morgan fingerprint density at radius 3 is 2.85 bits per heavy atom. The van der Waals surface area contributed by atoms with Crippen molar-refractivity contribution in [2.45, 2.75) is 51.6 Å². The van der Waals surface area contributed by atoms with Gasteiger partial charge >= 0.3 is 0 Å². The lowest BCUT2D eigenvalue weighted by molar-refractivity contribution is 0.324. The lowest BCUT2D eigenvalue weighted by Crippen LogP contribution is -2.46. The molecule has 1 saturated carbocycles. The number of aliphatic imine (C=N–C) groups is 1. The first-order valence-corrected chi connectivity index (χ1v) is 12.0. The first-order valence-electron chi connectivity index (χ1n) is 9.28. The molecule has 1 aromatic heterocycles. The van der Waals surface area contributed by atoms with Crippen LogP contribution in [0.4, 0.5) is 0 Å². The Balaban J connectivity index is 0.00000243. The molecule has 3 unspecified atom stereocenters. The summed E-state index contributed by atoms with van der Waals surface area (Å²) in [5.74, 6) is 2.42. The Morgan fingerprint density at radius 2 is 2.19 bits per heavy atom. The van der Waals surface area contributed by atoms with E-state index in [2.05, 4.69) is 29.0 Å². The maximum atomic E-state index is 11.6. The molecule has 1 aromatic rings. The van der Waals surface area contributed by atoms with Gasteiger partial charge in [0.2, 0.25) is 0 Å². The number of nitrogens with one attached hydrogen (secondary N) is 2. The monoisotopic (exact) mass is 511 g/mol. The van der Waals surface area contributed by atoms with Crippen molar-refractivity contribution >= 4 is 51.1 Å². The normalized spacial score (nSPS) is 28.3. The molecule has 8 heteroatoms. The third-order valence-corrected chi connectivity index (χ3v) is 7.83. The molecule has 1 aliphatic carbocycles. The van der Waals surface area contributed by atoms with Crippen molar-refractivity contribution in [3.05, 3.63) is 22.4 Å². The highest BCUT2D eigenvalue weighted by Crippen LogP contribution is 2.23. The smallest absolute Gasteiger partial charge is 0.191 e. The summed E-state index contributed by atoms with van der Waals surface area (Å²) in [6.07, 6.45) is 5.69. The first kappa shape index (κ1) is 21.9. The molecule has 1 aliphatic heterocycles. The summed E-state index contributed by atoms with van der Waals surface area (Å²) >= 11 is 1.71. The van der Waals surface area contributed by atoms with Gasteiger partial charge in [0.25, 0.3) is 0 Å². The van der Waals surface area contributed by atoms with Gasteiger partial charge in [0, 0.05) is 17.5 Å². The van der Waals surface area contributed by atoms with E-state index in [-0.39, 0.29) is 29.9 Å². The van der Waals surface area contributed by atoms with Gasteiger partial charge in [-0.05, 0) is 42.5 Å². The third-order valence-electron chi connectivity index (χ3n) is 5.14. The molecule has 3 atom stereocenters. The fourth-order valence-electron chi connectivity index (χ4n) is 3.74. The van der Waals surface area contributed by atoms with Gasteiger partial charge in [-0.15, -0.1) is 35.3 Å². The van der Waals surface area contributed by atoms with Crippen molar-refractivity contribution in [3.8, 4) is 0 Å². The second-order valence-electron chi connectivity index (χ2n) is 7.51. The van der Waals surface area contributed by atoms with E-state index >= 15 is 0 Å². The number of nitrogens with zero attached hydrogens (tertiary/aromatic N) is 1. The summed E-state index contributed by atoms with van der Waals surface area (Å²) in [4.78, 5) is 5.98. The largest absolute Gasteiger partial charge is 0.356 e. The topological polar surface area (TPSA) is 70.6 Å². The Bertz CT molecular complexity index is 677. The van der Waals surface area contributed by atoms with E-state index in [1.54, 1.807) is 11.3 Å². The van der Waals surface area contributed by atoms with Crippen LogP contribution in [0.15, 0.2) is 22.5 Å². The molecule has 2 fully saturated rings. The van der Waals surface area contributed by atoms with Crippen molar-refractivity contribution in [1.29, 1.82) is 0 Å². The molecule has 5 nitrogen and oxygen atoms in total. The van der Waals surface area contributed by atoms with E-state index in [0.29, 0.717) is 30.6 Å². The quantitative estimate of drug-likeness (QED) is 0.361. The van der Waals surface area contributed by atoms with Crippen LogP contribution in [0.1, 0.15) is 43.9 Å². The van der Waals surface area contributed by atoms with E-state index in [1.807, 2.05) is 6.07 Å². The first-order chi connectivity index (χ1) is 12.0. The minimum atomic E-state index is -2.82. The summed E-state index contributed by atoms with van der Waals surface area (Å²) in [7, 11) is -2.82. The summed E-state index contributed by atoms with van der Waals surface area (Å²) in [6, 6.07) is 4.60. The number of rotatable bonds is 5. The molecule has 148 valence electrons. The maximum absolute atomic E-state index is 11.6. The second-order valence-corrected chi connectivity index (χ2v) is 10.8. The Labute approximate surface area is 178 Å². The van der Waals surface area contributed by atoms with Crippen LogP contribution >= 0.6 is 35.3 Å². The zero-order valence-electron chi connectivity index (χ0n) is 15.3. The Kier molecular flexibility index (Phi) is 8.66. The predicted molar refractivity (Wildman–Crippen MR) is 120 cm³/mol. The minimum absolute atomic E-state index is 0. The molecule has 0 radical (unpaired) electrons. The van der Waals surface area contributed by atoms with E-state index in [1.165, 1.54) is 30.6 Å². The number of thiophene rings is 1. The fraction of sp³-hybridized carbons (Fsp3) is 0.722. The van der Waals surface area contributed by atoms with Crippen molar-refractivity contribution < 1.29 is 8.42 Å². The molecule has 2 heterocycles. The van der Waals surface area contributed by atoms with Crippen molar-refractivity contribution in [3.63, 3.8) is 0 Å². The zero-order chi connectivity index (χ0) is 17.7. The lowest BCUT2D eigenvalue weighted by atomic mass is 9.87. The third kappa shape index (κ3) is 6.99. The fourth-order valence-corrected chi connectivity index (χ4v) is 6.23. The highest BCUT2D eigenvalue weighted by atomic mass is 127. The van der Waals surface area contributed by atoms with Crippen LogP contribution in [0.2, 0.25) is 0 Å². The van der Waals surface area contributed by atoms with Gasteiger partial charge in [0.1, 0.15) is 0 Å². The van der Waals surface area contributed by atoms with Gasteiger partial charge < -0.3 is 10.6 Å². The van der Waals surface area contributed by atoms with Gasteiger partial charge in [-0.25, -0.2) is 13.4 Å². The number of guanidine groups is 1. The van der Waals surface area contributed by atoms with Gasteiger partial charge in [-0.1, -0.05) is 25.8 Å². The zero-order valence-corrected chi connectivity index (χ0v) is 19.3. The summed E-state index contributed by atoms with van der Waals surface area (Å²) in [6.45, 7) is 3.66. The highest BCUT2D eigenvalue weighted by molar-refractivity contribution is 14.0. The molecule has 26 heavy (non-hydrogen) atoms. The van der Waals surface area contributed by atoms with Crippen molar-refractivity contribution in [1.82, 2.24) is 10.6 Å². The second kappa shape index (κ2) is 10.3. The van der Waals surface area contributed by atoms with Crippen molar-refractivity contribution in [2.24, 2.45) is 16.8 Å². The number of hydrogen-bond donors (Lipinski definition) is 2. The molecule has 0 bridgehead atoms. The SMILES string of the molecule is CC1CCCC(NC(=NCc2cccs2)NCC2CCS(=O)(=O)C2)C1.I. The van der Waals surface area contributed by atoms with E-state index in [9.17, 15) is 8.42 Å². The average molecular weight is 511 g/mol. The van der Waals surface area contributed by atoms with E-state index < -0.39 is 9.84 Å². The molecule has 0 amide bonds. The van der Waals surface area contributed by atoms with Crippen LogP contribution in [0, 0.1) is 11.8 Å². The van der Waals surface area contributed by atoms with Gasteiger partial charge in [0.15, 0.2) is 15.8 Å². The number of sulfone groups is 1. The molecular weight excluding hydrogens is 481 g/mol. The standard InChI is InChI=1S/C18H29N3O2S2.HI/c1-14-4-2-5-16(10-14)21-18(20-12-17-6-3-8-24-17)19-11-15-7-9-25(22,23)13-15;/h3,6,8,14-16H,2,4-5,7,9-13H2,1H3,(H2,19,20,21);1H. The van der Waals surface area contributed by atoms with Crippen LogP contribution in [0.5, 0.6) is 0 Å². The lowest BCUT2D eigenvalue weighted by Gasteiger charge is -2.29. The average Bonchev–Trinajstić information content (AvgIpc) is 3.19. The number of hydrogen-bond acceptors (Lipinski definition) is 4. The molecular formula is C18H30IN3O2S2. The minimum Gasteiger partial charge on any atom is -0.356 e. The van der Waals surface area contributed by atoms with Crippen LogP contribution in [0.25, 0.3) is 0 Å². The Morgan fingerprint density at radius 1 is 1.35 bits per heavy atom. The van der Waals surface area contributed by atoms with Gasteiger partial charge in [-0.2, -0.15) is 0 Å². The number of halogens is 1. The summed E-state index contributed by atoms with van der Waals surface area (Å²) < 4.78 is 23.3. The molecule has 2 N–H and O–H groups in total. The molecule has 1 saturated heterocycles. The van der Waals surface area contributed by atoms with Crippen LogP contribution in [0.3, 0.4) is 0 Å². The van der Waals surface area contributed by atoms with Crippen LogP contribution in [-0.2, 0) is 16.4 Å². The van der Waals surface area contributed by atoms with E-state index in [4.69, 9.17) is 4.99 Å². The van der Waals surface area contributed by atoms with Gasteiger partial charge in [-0.3, -0.25) is 0 Å². The van der Waals surface area contributed by atoms with E-state index in [0.717, 1.165) is 18.3 Å². The highest BCUT2D eigenvalue weighted by Gasteiger charge is 2.28. The molecule has 0 aromatic carbocycles. The molecule has 3 rings (SSSR count). The summed E-state index contributed by atoms with van der Waals surface area (Å²) in [5.41, 5.74) is 0. The predicted octanol–water partition coefficient (Wildman–Crippen LogP) is 3.41. The van der Waals surface area contributed by atoms with Crippen molar-refractivity contribution in [2.75, 3.05) is 18.1 Å². The van der Waals surface area contributed by atoms with Crippen LogP contribution < -0.4 is 10.6 Å². The molecule has 2 aliphatic rings. The van der Waals surface area contributed by atoms with Crippen LogP contribution in [-0.4, -0.2) is 38.5 Å².